The Morgan fingerprint density at radius 3 is 2.65 bits per heavy atom. The first kappa shape index (κ1) is 14.3. The van der Waals surface area contributed by atoms with Crippen LogP contribution in [0, 0.1) is 5.82 Å². The average Bonchev–Trinajstić information content (AvgIpc) is 2.48. The number of nitrogens with one attached hydrogen (secondary N) is 1. The number of amides is 2. The standard InChI is InChI=1S/C14H17FN2O3/c1-20-13(18)12-4-2-3-9-17(12)14(19)16-11-7-5-10(15)6-8-11/h5-8,12H,2-4,9H2,1H3,(H,16,19). The van der Waals surface area contributed by atoms with Crippen molar-refractivity contribution in [3.8, 4) is 0 Å². The Morgan fingerprint density at radius 2 is 2.00 bits per heavy atom. The molecule has 0 bridgehead atoms. The van der Waals surface area contributed by atoms with Gasteiger partial charge in [0.1, 0.15) is 11.9 Å². The van der Waals surface area contributed by atoms with Crippen LogP contribution in [-0.2, 0) is 9.53 Å². The molecule has 5 nitrogen and oxygen atoms in total. The Hall–Kier alpha value is -2.11. The van der Waals surface area contributed by atoms with Gasteiger partial charge in [0, 0.05) is 12.2 Å². The van der Waals surface area contributed by atoms with Gasteiger partial charge in [-0.2, -0.15) is 0 Å². The van der Waals surface area contributed by atoms with E-state index < -0.39 is 12.0 Å². The number of likely N-dealkylation sites (tertiary alicyclic amines) is 1. The minimum Gasteiger partial charge on any atom is -0.467 e. The normalized spacial score (nSPS) is 18.5. The second-order valence-corrected chi connectivity index (χ2v) is 4.67. The van der Waals surface area contributed by atoms with Crippen molar-refractivity contribution >= 4 is 17.7 Å². The Kier molecular flexibility index (Phi) is 4.55. The number of halogens is 1. The van der Waals surface area contributed by atoms with Crippen LogP contribution in [0.2, 0.25) is 0 Å². The molecule has 0 spiro atoms. The van der Waals surface area contributed by atoms with Gasteiger partial charge in [-0.25, -0.2) is 14.0 Å². The lowest BCUT2D eigenvalue weighted by Crippen LogP contribution is -2.50. The molecule has 1 N–H and O–H groups in total. The number of urea groups is 1. The molecule has 0 aliphatic carbocycles. The van der Waals surface area contributed by atoms with Crippen molar-refractivity contribution in [2.24, 2.45) is 0 Å². The Balaban J connectivity index is 2.05. The van der Waals surface area contributed by atoms with Crippen LogP contribution in [0.1, 0.15) is 19.3 Å². The zero-order valence-electron chi connectivity index (χ0n) is 11.3. The first-order chi connectivity index (χ1) is 9.61. The van der Waals surface area contributed by atoms with E-state index >= 15 is 0 Å². The highest BCUT2D eigenvalue weighted by Gasteiger charge is 2.32. The first-order valence-corrected chi connectivity index (χ1v) is 6.53. The highest BCUT2D eigenvalue weighted by atomic mass is 19.1. The molecule has 1 aromatic carbocycles. The molecular weight excluding hydrogens is 263 g/mol. The van der Waals surface area contributed by atoms with Crippen molar-refractivity contribution < 1.29 is 18.7 Å². The average molecular weight is 280 g/mol. The molecule has 2 rings (SSSR count). The summed E-state index contributed by atoms with van der Waals surface area (Å²) in [6.07, 6.45) is 2.34. The molecule has 108 valence electrons. The summed E-state index contributed by atoms with van der Waals surface area (Å²) < 4.78 is 17.5. The fourth-order valence-corrected chi connectivity index (χ4v) is 2.28. The maximum absolute atomic E-state index is 12.8. The summed E-state index contributed by atoms with van der Waals surface area (Å²) in [6.45, 7) is 0.507. The fraction of sp³-hybridized carbons (Fsp3) is 0.429. The first-order valence-electron chi connectivity index (χ1n) is 6.53. The number of benzene rings is 1. The number of carbonyl (C=O) groups is 2. The number of piperidine rings is 1. The van der Waals surface area contributed by atoms with E-state index in [4.69, 9.17) is 4.74 Å². The zero-order chi connectivity index (χ0) is 14.5. The molecule has 1 unspecified atom stereocenters. The van der Waals surface area contributed by atoms with Crippen LogP contribution >= 0.6 is 0 Å². The SMILES string of the molecule is COC(=O)C1CCCCN1C(=O)Nc1ccc(F)cc1. The minimum absolute atomic E-state index is 0.367. The van der Waals surface area contributed by atoms with E-state index in [1.165, 1.54) is 36.3 Å². The second-order valence-electron chi connectivity index (χ2n) is 4.67. The molecule has 1 heterocycles. The molecule has 20 heavy (non-hydrogen) atoms. The van der Waals surface area contributed by atoms with Crippen molar-refractivity contribution in [1.82, 2.24) is 4.90 Å². The van der Waals surface area contributed by atoms with Gasteiger partial charge >= 0.3 is 12.0 Å². The molecule has 1 aromatic rings. The van der Waals surface area contributed by atoms with Gasteiger partial charge in [-0.05, 0) is 43.5 Å². The van der Waals surface area contributed by atoms with E-state index in [1.54, 1.807) is 0 Å². The molecular formula is C14H17FN2O3. The van der Waals surface area contributed by atoms with Gasteiger partial charge in [-0.15, -0.1) is 0 Å². The summed E-state index contributed by atoms with van der Waals surface area (Å²) in [5.41, 5.74) is 0.491. The maximum atomic E-state index is 12.8. The van der Waals surface area contributed by atoms with Crippen LogP contribution in [0.15, 0.2) is 24.3 Å². The van der Waals surface area contributed by atoms with Crippen LogP contribution in [-0.4, -0.2) is 36.6 Å². The summed E-state index contributed by atoms with van der Waals surface area (Å²) in [7, 11) is 1.31. The Bertz CT molecular complexity index is 490. The van der Waals surface area contributed by atoms with Crippen molar-refractivity contribution in [1.29, 1.82) is 0 Å². The fourth-order valence-electron chi connectivity index (χ4n) is 2.28. The number of hydrogen-bond acceptors (Lipinski definition) is 3. The van der Waals surface area contributed by atoms with Crippen LogP contribution in [0.4, 0.5) is 14.9 Å². The largest absolute Gasteiger partial charge is 0.467 e. The number of methoxy groups -OCH3 is 1. The lowest BCUT2D eigenvalue weighted by molar-refractivity contribution is -0.146. The molecule has 1 atom stereocenters. The second kappa shape index (κ2) is 6.36. The molecule has 0 radical (unpaired) electrons. The van der Waals surface area contributed by atoms with E-state index in [2.05, 4.69) is 5.32 Å². The predicted molar refractivity (Wildman–Crippen MR) is 71.8 cm³/mol. The lowest BCUT2D eigenvalue weighted by Gasteiger charge is -2.33. The molecule has 0 saturated carbocycles. The van der Waals surface area contributed by atoms with Crippen molar-refractivity contribution in [3.63, 3.8) is 0 Å². The van der Waals surface area contributed by atoms with E-state index in [-0.39, 0.29) is 11.8 Å². The van der Waals surface area contributed by atoms with Gasteiger partial charge in [-0.3, -0.25) is 0 Å². The van der Waals surface area contributed by atoms with Gasteiger partial charge in [-0.1, -0.05) is 0 Å². The lowest BCUT2D eigenvalue weighted by atomic mass is 10.0. The Morgan fingerprint density at radius 1 is 1.30 bits per heavy atom. The van der Waals surface area contributed by atoms with Gasteiger partial charge in [0.2, 0.25) is 0 Å². The van der Waals surface area contributed by atoms with Gasteiger partial charge in [0.25, 0.3) is 0 Å². The minimum atomic E-state index is -0.547. The maximum Gasteiger partial charge on any atom is 0.328 e. The summed E-state index contributed by atoms with van der Waals surface area (Å²) in [6, 6.07) is 4.57. The summed E-state index contributed by atoms with van der Waals surface area (Å²) in [5, 5.41) is 2.66. The van der Waals surface area contributed by atoms with E-state index in [0.29, 0.717) is 18.7 Å². The predicted octanol–water partition coefficient (Wildman–Crippen LogP) is 2.39. The molecule has 1 saturated heterocycles. The summed E-state index contributed by atoms with van der Waals surface area (Å²) in [5.74, 6) is -0.771. The number of rotatable bonds is 2. The highest BCUT2D eigenvalue weighted by molar-refractivity contribution is 5.92. The van der Waals surface area contributed by atoms with Gasteiger partial charge in [0.15, 0.2) is 0 Å². The zero-order valence-corrected chi connectivity index (χ0v) is 11.3. The number of ether oxygens (including phenoxy) is 1. The number of anilines is 1. The van der Waals surface area contributed by atoms with E-state index in [0.717, 1.165) is 12.8 Å². The van der Waals surface area contributed by atoms with Crippen LogP contribution in [0.5, 0.6) is 0 Å². The third kappa shape index (κ3) is 3.26. The van der Waals surface area contributed by atoms with E-state index in [1.807, 2.05) is 0 Å². The summed E-state index contributed by atoms with van der Waals surface area (Å²) >= 11 is 0. The molecule has 1 aliphatic heterocycles. The summed E-state index contributed by atoms with van der Waals surface area (Å²) in [4.78, 5) is 25.4. The number of hydrogen-bond donors (Lipinski definition) is 1. The molecule has 1 aliphatic rings. The topological polar surface area (TPSA) is 58.6 Å². The molecule has 6 heteroatoms. The number of carbonyl (C=O) groups excluding carboxylic acids is 2. The third-order valence-corrected chi connectivity index (χ3v) is 3.33. The highest BCUT2D eigenvalue weighted by Crippen LogP contribution is 2.19. The quantitative estimate of drug-likeness (QED) is 0.846. The smallest absolute Gasteiger partial charge is 0.328 e. The molecule has 1 fully saturated rings. The van der Waals surface area contributed by atoms with Crippen molar-refractivity contribution in [2.45, 2.75) is 25.3 Å². The number of esters is 1. The Labute approximate surface area is 116 Å². The van der Waals surface area contributed by atoms with Crippen molar-refractivity contribution in [2.75, 3.05) is 19.0 Å². The number of nitrogens with zero attached hydrogens (tertiary/aromatic N) is 1. The molecule has 2 amide bonds. The monoisotopic (exact) mass is 280 g/mol. The van der Waals surface area contributed by atoms with Crippen molar-refractivity contribution in [3.05, 3.63) is 30.1 Å². The van der Waals surface area contributed by atoms with Crippen LogP contribution < -0.4 is 5.32 Å². The van der Waals surface area contributed by atoms with Crippen LogP contribution in [0.25, 0.3) is 0 Å². The third-order valence-electron chi connectivity index (χ3n) is 3.33. The van der Waals surface area contributed by atoms with Gasteiger partial charge in [0.05, 0.1) is 7.11 Å². The van der Waals surface area contributed by atoms with Gasteiger partial charge < -0.3 is 15.0 Å². The van der Waals surface area contributed by atoms with Crippen LogP contribution in [0.3, 0.4) is 0 Å². The molecule has 0 aromatic heterocycles. The van der Waals surface area contributed by atoms with E-state index in [9.17, 15) is 14.0 Å².